The van der Waals surface area contributed by atoms with Gasteiger partial charge in [0, 0.05) is 19.4 Å². The zero-order valence-electron chi connectivity index (χ0n) is 36.8. The van der Waals surface area contributed by atoms with Crippen LogP contribution in [0.25, 0.3) is 0 Å². The number of rotatable bonds is 45. The first-order chi connectivity index (χ1) is 26.6. The quantitative estimate of drug-likeness (QED) is 0.0351. The van der Waals surface area contributed by atoms with E-state index in [9.17, 15) is 9.59 Å². The Morgan fingerprint density at radius 1 is 0.389 bits per heavy atom. The molecule has 320 valence electrons. The third-order valence-electron chi connectivity index (χ3n) is 10.8. The molecule has 5 nitrogen and oxygen atoms in total. The van der Waals surface area contributed by atoms with Crippen molar-refractivity contribution in [3.8, 4) is 0 Å². The molecule has 0 saturated heterocycles. The third-order valence-corrected chi connectivity index (χ3v) is 10.8. The van der Waals surface area contributed by atoms with Gasteiger partial charge in [-0.2, -0.15) is 0 Å². The van der Waals surface area contributed by atoms with Gasteiger partial charge < -0.3 is 14.2 Å². The highest BCUT2D eigenvalue weighted by Crippen LogP contribution is 2.15. The number of allylic oxidation sites excluding steroid dienone is 2. The molecule has 0 amide bonds. The summed E-state index contributed by atoms with van der Waals surface area (Å²) in [5.74, 6) is -0.397. The van der Waals surface area contributed by atoms with Crippen molar-refractivity contribution in [2.75, 3.05) is 19.8 Å². The van der Waals surface area contributed by atoms with E-state index in [-0.39, 0.29) is 18.5 Å². The van der Waals surface area contributed by atoms with E-state index in [1.807, 2.05) is 0 Å². The van der Waals surface area contributed by atoms with Gasteiger partial charge in [-0.05, 0) is 44.9 Å². The monoisotopic (exact) mass is 763 g/mol. The lowest BCUT2D eigenvalue weighted by Gasteiger charge is -2.18. The molecule has 0 aromatic carbocycles. The first kappa shape index (κ1) is 52.6. The second kappa shape index (κ2) is 46.0. The van der Waals surface area contributed by atoms with Crippen LogP contribution in [0.1, 0.15) is 265 Å². The lowest BCUT2D eigenvalue weighted by atomic mass is 10.0. The summed E-state index contributed by atoms with van der Waals surface area (Å²) >= 11 is 0. The van der Waals surface area contributed by atoms with Crippen LogP contribution in [0.4, 0.5) is 0 Å². The number of carbonyl (C=O) groups excluding carboxylic acids is 2. The van der Waals surface area contributed by atoms with E-state index >= 15 is 0 Å². The molecule has 0 aromatic heterocycles. The Hall–Kier alpha value is -1.36. The minimum absolute atomic E-state index is 0.0901. The molecule has 0 bridgehead atoms. The summed E-state index contributed by atoms with van der Waals surface area (Å²) in [4.78, 5) is 25.0. The molecule has 0 fully saturated rings. The van der Waals surface area contributed by atoms with Gasteiger partial charge in [-0.3, -0.25) is 9.59 Å². The minimum Gasteiger partial charge on any atom is -0.462 e. The minimum atomic E-state index is -0.526. The Bertz CT molecular complexity index is 780. The molecule has 0 aliphatic rings. The lowest BCUT2D eigenvalue weighted by Crippen LogP contribution is -2.30. The van der Waals surface area contributed by atoms with Gasteiger partial charge in [0.05, 0.1) is 6.61 Å². The fourth-order valence-corrected chi connectivity index (χ4v) is 7.15. The van der Waals surface area contributed by atoms with Crippen molar-refractivity contribution in [1.29, 1.82) is 0 Å². The van der Waals surface area contributed by atoms with Crippen molar-refractivity contribution in [3.63, 3.8) is 0 Å². The summed E-state index contributed by atoms with van der Waals surface area (Å²) in [5, 5.41) is 0. The lowest BCUT2D eigenvalue weighted by molar-refractivity contribution is -0.163. The molecule has 1 unspecified atom stereocenters. The largest absolute Gasteiger partial charge is 0.462 e. The van der Waals surface area contributed by atoms with Crippen LogP contribution in [0.5, 0.6) is 0 Å². The summed E-state index contributed by atoms with van der Waals surface area (Å²) in [6, 6.07) is 0. The van der Waals surface area contributed by atoms with Crippen LogP contribution in [-0.2, 0) is 23.8 Å². The molecule has 0 saturated carbocycles. The first-order valence-electron chi connectivity index (χ1n) is 24.2. The van der Waals surface area contributed by atoms with Crippen molar-refractivity contribution in [3.05, 3.63) is 12.2 Å². The maximum absolute atomic E-state index is 12.5. The van der Waals surface area contributed by atoms with Gasteiger partial charge in [-0.1, -0.05) is 219 Å². The summed E-state index contributed by atoms with van der Waals surface area (Å²) in [6.45, 7) is 7.79. The molecule has 0 heterocycles. The maximum Gasteiger partial charge on any atom is 0.306 e. The van der Waals surface area contributed by atoms with E-state index in [0.717, 1.165) is 44.9 Å². The average Bonchev–Trinajstić information content (AvgIpc) is 3.17. The zero-order valence-corrected chi connectivity index (χ0v) is 36.8. The van der Waals surface area contributed by atoms with Crippen molar-refractivity contribution < 1.29 is 23.8 Å². The van der Waals surface area contributed by atoms with Gasteiger partial charge >= 0.3 is 11.9 Å². The number of ether oxygens (including phenoxy) is 3. The van der Waals surface area contributed by atoms with Crippen LogP contribution in [-0.4, -0.2) is 37.9 Å². The van der Waals surface area contributed by atoms with Crippen LogP contribution >= 0.6 is 0 Å². The number of hydrogen-bond acceptors (Lipinski definition) is 5. The van der Waals surface area contributed by atoms with E-state index in [1.165, 1.54) is 186 Å². The van der Waals surface area contributed by atoms with Gasteiger partial charge in [-0.15, -0.1) is 0 Å². The molecule has 0 radical (unpaired) electrons. The molecule has 0 N–H and O–H groups in total. The zero-order chi connectivity index (χ0) is 39.3. The van der Waals surface area contributed by atoms with Gasteiger partial charge in [0.2, 0.25) is 0 Å². The molecule has 1 atom stereocenters. The van der Waals surface area contributed by atoms with Crippen LogP contribution in [0.15, 0.2) is 12.2 Å². The molecule has 0 spiro atoms. The average molecular weight is 763 g/mol. The molecule has 0 aliphatic carbocycles. The second-order valence-corrected chi connectivity index (χ2v) is 16.4. The van der Waals surface area contributed by atoms with Crippen LogP contribution in [0, 0.1) is 0 Å². The van der Waals surface area contributed by atoms with Gasteiger partial charge in [0.1, 0.15) is 6.61 Å². The molecule has 0 aromatic rings. The van der Waals surface area contributed by atoms with Gasteiger partial charge in [0.15, 0.2) is 6.10 Å². The topological polar surface area (TPSA) is 61.8 Å². The first-order valence-corrected chi connectivity index (χ1v) is 24.2. The second-order valence-electron chi connectivity index (χ2n) is 16.4. The molecule has 0 aliphatic heterocycles. The summed E-state index contributed by atoms with van der Waals surface area (Å²) < 4.78 is 17.2. The predicted octanol–water partition coefficient (Wildman–Crippen LogP) is 15.9. The van der Waals surface area contributed by atoms with Gasteiger partial charge in [-0.25, -0.2) is 0 Å². The van der Waals surface area contributed by atoms with Crippen molar-refractivity contribution in [2.24, 2.45) is 0 Å². The normalized spacial score (nSPS) is 12.1. The van der Waals surface area contributed by atoms with Gasteiger partial charge in [0.25, 0.3) is 0 Å². The Kier molecular flexibility index (Phi) is 44.9. The SMILES string of the molecule is CCCCCCCC/C=C\CCCCCCCCOCC(COC(=O)CCCCCCCCCCCCCCCCCCC)OC(=O)CCCCCCC. The highest BCUT2D eigenvalue weighted by molar-refractivity contribution is 5.70. The van der Waals surface area contributed by atoms with Crippen molar-refractivity contribution >= 4 is 11.9 Å². The molecule has 5 heteroatoms. The molecule has 0 rings (SSSR count). The third kappa shape index (κ3) is 43.4. The highest BCUT2D eigenvalue weighted by atomic mass is 16.6. The summed E-state index contributed by atoms with van der Waals surface area (Å²) in [7, 11) is 0. The number of hydrogen-bond donors (Lipinski definition) is 0. The predicted molar refractivity (Wildman–Crippen MR) is 233 cm³/mol. The van der Waals surface area contributed by atoms with E-state index in [4.69, 9.17) is 14.2 Å². The van der Waals surface area contributed by atoms with Crippen molar-refractivity contribution in [2.45, 2.75) is 271 Å². The maximum atomic E-state index is 12.5. The Morgan fingerprint density at radius 2 is 0.722 bits per heavy atom. The Balaban J connectivity index is 3.99. The Morgan fingerprint density at radius 3 is 1.13 bits per heavy atom. The van der Waals surface area contributed by atoms with Crippen LogP contribution < -0.4 is 0 Å². The Labute approximate surface area is 337 Å². The molecule has 54 heavy (non-hydrogen) atoms. The van der Waals surface area contributed by atoms with E-state index < -0.39 is 6.10 Å². The number of carbonyl (C=O) groups is 2. The summed E-state index contributed by atoms with van der Waals surface area (Å²) in [5.41, 5.74) is 0. The number of esters is 2. The van der Waals surface area contributed by atoms with Crippen LogP contribution in [0.2, 0.25) is 0 Å². The fraction of sp³-hybridized carbons (Fsp3) is 0.918. The molecular formula is C49H94O5. The van der Waals surface area contributed by atoms with Crippen molar-refractivity contribution in [1.82, 2.24) is 0 Å². The van der Waals surface area contributed by atoms with E-state index in [0.29, 0.717) is 26.1 Å². The fourth-order valence-electron chi connectivity index (χ4n) is 7.15. The van der Waals surface area contributed by atoms with E-state index in [1.54, 1.807) is 0 Å². The smallest absolute Gasteiger partial charge is 0.306 e. The molecular weight excluding hydrogens is 669 g/mol. The standard InChI is InChI=1S/C49H94O5/c1-4-7-10-13-15-17-19-21-23-25-26-28-30-32-34-37-39-42-48(50)53-46-47(54-49(51)43-40-36-12-9-6-3)45-52-44-41-38-35-33-31-29-27-24-22-20-18-16-14-11-8-5-2/h22,24,47H,4-21,23,25-46H2,1-3H3/b24-22-. The highest BCUT2D eigenvalue weighted by Gasteiger charge is 2.17. The van der Waals surface area contributed by atoms with Crippen LogP contribution in [0.3, 0.4) is 0 Å². The number of unbranched alkanes of at least 4 members (excludes halogenated alkanes) is 32. The summed E-state index contributed by atoms with van der Waals surface area (Å²) in [6.07, 6.45) is 51.0. The van der Waals surface area contributed by atoms with E-state index in [2.05, 4.69) is 32.9 Å².